The summed E-state index contributed by atoms with van der Waals surface area (Å²) >= 11 is 6.26. The molecule has 9 heteroatoms. The zero-order valence-corrected chi connectivity index (χ0v) is 24.3. The molecule has 1 aromatic carbocycles. The Bertz CT molecular complexity index is 1060. The summed E-state index contributed by atoms with van der Waals surface area (Å²) in [5, 5.41) is 8.64. The molecule has 7 nitrogen and oxygen atoms in total. The van der Waals surface area contributed by atoms with Gasteiger partial charge in [-0.3, -0.25) is 4.79 Å². The fraction of sp³-hybridized carbons (Fsp3) is 0.483. The number of benzene rings is 1. The van der Waals surface area contributed by atoms with Crippen molar-refractivity contribution in [3.63, 3.8) is 0 Å². The normalized spacial score (nSPS) is 14.5. The minimum absolute atomic E-state index is 0.0136. The van der Waals surface area contributed by atoms with Crippen LogP contribution < -0.4 is 16.0 Å². The number of ether oxygens (including phenoxy) is 1. The van der Waals surface area contributed by atoms with Crippen LogP contribution in [-0.2, 0) is 14.9 Å². The van der Waals surface area contributed by atoms with Crippen LogP contribution >= 0.6 is 11.6 Å². The summed E-state index contributed by atoms with van der Waals surface area (Å²) in [6.45, 7) is 16.6. The first-order valence-corrected chi connectivity index (χ1v) is 13.1. The van der Waals surface area contributed by atoms with Crippen molar-refractivity contribution in [2.75, 3.05) is 11.9 Å². The van der Waals surface area contributed by atoms with Gasteiger partial charge in [0.2, 0.25) is 0 Å². The number of ketones is 1. The Morgan fingerprint density at radius 1 is 1.26 bits per heavy atom. The van der Waals surface area contributed by atoms with Crippen LogP contribution in [0.2, 0.25) is 5.02 Å². The molecule has 0 heterocycles. The number of amidine groups is 1. The van der Waals surface area contributed by atoms with E-state index in [1.54, 1.807) is 12.1 Å². The molecule has 0 spiro atoms. The van der Waals surface area contributed by atoms with Crippen molar-refractivity contribution in [2.24, 2.45) is 4.99 Å². The molecule has 38 heavy (non-hydrogen) atoms. The number of hydrogen-bond donors (Lipinski definition) is 3. The first-order chi connectivity index (χ1) is 17.8. The highest BCUT2D eigenvalue weighted by atomic mass is 35.5. The summed E-state index contributed by atoms with van der Waals surface area (Å²) in [5.74, 6) is 0.133. The summed E-state index contributed by atoms with van der Waals surface area (Å²) in [4.78, 5) is 28.0. The molecule has 0 saturated carbocycles. The van der Waals surface area contributed by atoms with E-state index in [0.29, 0.717) is 29.4 Å². The molecule has 0 aliphatic heterocycles. The monoisotopic (exact) mass is 548 g/mol. The summed E-state index contributed by atoms with van der Waals surface area (Å²) in [6, 6.07) is 4.84. The highest BCUT2D eigenvalue weighted by Crippen LogP contribution is 2.29. The molecule has 0 radical (unpaired) electrons. The van der Waals surface area contributed by atoms with E-state index in [2.05, 4.69) is 48.3 Å². The maximum atomic E-state index is 14.2. The van der Waals surface area contributed by atoms with Gasteiger partial charge in [0.05, 0.1) is 35.2 Å². The SMILES string of the molecule is C=C/N=C(\CCC(CC)OC(C)/C=C\C(NC(=O)Nc1cc(C(C)(C)C)ccc1Cl)=C(/C)F)NCC(C)=O. The highest BCUT2D eigenvalue weighted by Gasteiger charge is 2.17. The predicted molar refractivity (Wildman–Crippen MR) is 155 cm³/mol. The molecule has 0 saturated heterocycles. The quantitative estimate of drug-likeness (QED) is 0.138. The van der Waals surface area contributed by atoms with Gasteiger partial charge in [-0.25, -0.2) is 14.2 Å². The lowest BCUT2D eigenvalue weighted by atomic mass is 9.87. The molecule has 2 atom stereocenters. The summed E-state index contributed by atoms with van der Waals surface area (Å²) < 4.78 is 20.3. The molecule has 0 bridgehead atoms. The zero-order valence-electron chi connectivity index (χ0n) is 23.6. The van der Waals surface area contributed by atoms with Gasteiger partial charge in [-0.2, -0.15) is 0 Å². The molecule has 1 aromatic rings. The van der Waals surface area contributed by atoms with Crippen molar-refractivity contribution >= 4 is 34.9 Å². The van der Waals surface area contributed by atoms with Crippen molar-refractivity contribution in [1.29, 1.82) is 0 Å². The number of allylic oxidation sites excluding steroid dienone is 2. The van der Waals surface area contributed by atoms with Crippen molar-refractivity contribution in [3.05, 3.63) is 65.2 Å². The van der Waals surface area contributed by atoms with Crippen LogP contribution in [0.3, 0.4) is 0 Å². The first-order valence-electron chi connectivity index (χ1n) is 12.8. The fourth-order valence-electron chi connectivity index (χ4n) is 3.39. The number of Topliss-reactive ketones (excluding diaryl/α,β-unsaturated/α-hetero) is 1. The lowest BCUT2D eigenvalue weighted by Crippen LogP contribution is -2.30. The van der Waals surface area contributed by atoms with Gasteiger partial charge in [-0.15, -0.1) is 0 Å². The Labute approximate surface area is 231 Å². The van der Waals surface area contributed by atoms with Crippen LogP contribution in [0, 0.1) is 0 Å². The summed E-state index contributed by atoms with van der Waals surface area (Å²) in [7, 11) is 0. The zero-order chi connectivity index (χ0) is 28.9. The third-order valence-corrected chi connectivity index (χ3v) is 5.92. The van der Waals surface area contributed by atoms with Gasteiger partial charge in [0.1, 0.15) is 17.4 Å². The van der Waals surface area contributed by atoms with Crippen molar-refractivity contribution in [2.45, 2.75) is 85.4 Å². The van der Waals surface area contributed by atoms with Gasteiger partial charge >= 0.3 is 6.03 Å². The molecule has 0 aliphatic carbocycles. The van der Waals surface area contributed by atoms with Gasteiger partial charge in [-0.1, -0.05) is 58.0 Å². The number of carbonyl (C=O) groups is 2. The number of amides is 2. The standard InChI is InChI=1S/C29H42ClFN4O3/c1-9-23(13-16-27(32-10-2)33-18-19(3)36)38-20(4)11-15-25(21(5)31)34-28(37)35-26-17-22(29(6,7)8)12-14-24(26)30/h10-12,14-15,17,20,23H,2,9,13,16,18H2,1,3-8H3,(H,32,33)(H2,34,35,37)/b15-11-,25-21-. The average Bonchev–Trinajstić information content (AvgIpc) is 2.82. The highest BCUT2D eigenvalue weighted by molar-refractivity contribution is 6.33. The van der Waals surface area contributed by atoms with Gasteiger partial charge < -0.3 is 20.7 Å². The average molecular weight is 549 g/mol. The van der Waals surface area contributed by atoms with Crippen LogP contribution in [0.15, 0.2) is 59.6 Å². The Morgan fingerprint density at radius 2 is 1.95 bits per heavy atom. The summed E-state index contributed by atoms with van der Waals surface area (Å²) in [5.41, 5.74) is 1.33. The second-order valence-electron chi connectivity index (χ2n) is 10.1. The van der Waals surface area contributed by atoms with Crippen LogP contribution in [0.1, 0.15) is 73.3 Å². The molecular weight excluding hydrogens is 507 g/mol. The number of hydrogen-bond acceptors (Lipinski definition) is 4. The van der Waals surface area contributed by atoms with E-state index in [-0.39, 0.29) is 35.6 Å². The van der Waals surface area contributed by atoms with Crippen LogP contribution in [0.25, 0.3) is 0 Å². The number of nitrogens with one attached hydrogen (secondary N) is 3. The van der Waals surface area contributed by atoms with Crippen LogP contribution in [-0.4, -0.2) is 36.4 Å². The molecule has 2 amide bonds. The molecule has 0 fully saturated rings. The largest absolute Gasteiger partial charge is 0.371 e. The Kier molecular flexibility index (Phi) is 14.0. The Morgan fingerprint density at radius 3 is 2.50 bits per heavy atom. The lowest BCUT2D eigenvalue weighted by Gasteiger charge is -2.21. The molecule has 2 unspecified atom stereocenters. The number of nitrogens with zero attached hydrogens (tertiary/aromatic N) is 1. The number of carbonyl (C=O) groups excluding carboxylic acids is 2. The number of aliphatic imine (C=N–C) groups is 1. The number of halogens is 2. The van der Waals surface area contributed by atoms with E-state index >= 15 is 0 Å². The Hall–Kier alpha value is -2.97. The predicted octanol–water partition coefficient (Wildman–Crippen LogP) is 7.20. The molecule has 1 rings (SSSR count). The lowest BCUT2D eigenvalue weighted by molar-refractivity contribution is -0.116. The van der Waals surface area contributed by atoms with Crippen LogP contribution in [0.4, 0.5) is 14.9 Å². The van der Waals surface area contributed by atoms with Crippen molar-refractivity contribution in [3.8, 4) is 0 Å². The summed E-state index contributed by atoms with van der Waals surface area (Å²) in [6.07, 6.45) is 6.18. The molecule has 0 aliphatic rings. The van der Waals surface area contributed by atoms with E-state index in [1.165, 1.54) is 26.1 Å². The van der Waals surface area contributed by atoms with Gasteiger partial charge in [0, 0.05) is 12.6 Å². The van der Waals surface area contributed by atoms with Crippen molar-refractivity contribution < 1.29 is 18.7 Å². The fourth-order valence-corrected chi connectivity index (χ4v) is 3.55. The topological polar surface area (TPSA) is 91.8 Å². The van der Waals surface area contributed by atoms with E-state index in [4.69, 9.17) is 16.3 Å². The smallest absolute Gasteiger partial charge is 0.323 e. The second-order valence-corrected chi connectivity index (χ2v) is 10.5. The number of rotatable bonds is 13. The Balaban J connectivity index is 2.78. The van der Waals surface area contributed by atoms with E-state index < -0.39 is 11.9 Å². The number of urea groups is 1. The second kappa shape index (κ2) is 16.1. The maximum absolute atomic E-state index is 14.2. The first kappa shape index (κ1) is 33.1. The minimum atomic E-state index is -0.610. The molecule has 210 valence electrons. The maximum Gasteiger partial charge on any atom is 0.323 e. The number of anilines is 1. The van der Waals surface area contributed by atoms with Gasteiger partial charge in [-0.05, 0) is 62.8 Å². The van der Waals surface area contributed by atoms with Gasteiger partial charge in [0.25, 0.3) is 0 Å². The van der Waals surface area contributed by atoms with E-state index in [9.17, 15) is 14.0 Å². The van der Waals surface area contributed by atoms with E-state index in [1.807, 2.05) is 26.0 Å². The van der Waals surface area contributed by atoms with Crippen LogP contribution in [0.5, 0.6) is 0 Å². The molecule has 0 aromatic heterocycles. The van der Waals surface area contributed by atoms with E-state index in [0.717, 1.165) is 12.0 Å². The molecular formula is C29H42ClFN4O3. The third kappa shape index (κ3) is 12.5. The minimum Gasteiger partial charge on any atom is -0.371 e. The van der Waals surface area contributed by atoms with Crippen molar-refractivity contribution in [1.82, 2.24) is 10.6 Å². The third-order valence-electron chi connectivity index (χ3n) is 5.59. The van der Waals surface area contributed by atoms with Gasteiger partial charge in [0.15, 0.2) is 0 Å². The molecule has 3 N–H and O–H groups in total.